The number of esters is 1. The van der Waals surface area contributed by atoms with Gasteiger partial charge in [-0.2, -0.15) is 0 Å². The molecule has 1 aromatic heterocycles. The molecule has 28 heavy (non-hydrogen) atoms. The Balaban J connectivity index is 1.77. The number of hydrogen-bond acceptors (Lipinski definition) is 6. The van der Waals surface area contributed by atoms with Crippen LogP contribution < -0.4 is 10.6 Å². The molecule has 6 heteroatoms. The van der Waals surface area contributed by atoms with Crippen LogP contribution >= 0.6 is 0 Å². The minimum absolute atomic E-state index is 0.326. The Morgan fingerprint density at radius 1 is 1.00 bits per heavy atom. The number of para-hydroxylation sites is 1. The van der Waals surface area contributed by atoms with Gasteiger partial charge in [0.05, 0.1) is 17.9 Å². The van der Waals surface area contributed by atoms with Crippen LogP contribution in [0.1, 0.15) is 34.2 Å². The van der Waals surface area contributed by atoms with E-state index < -0.39 is 0 Å². The van der Waals surface area contributed by atoms with E-state index in [-0.39, 0.29) is 5.97 Å². The Morgan fingerprint density at radius 3 is 2.46 bits per heavy atom. The molecule has 144 valence electrons. The average molecular weight is 376 g/mol. The maximum atomic E-state index is 12.2. The summed E-state index contributed by atoms with van der Waals surface area (Å²) < 4.78 is 5.13. The molecule has 0 unspecified atom stereocenters. The van der Waals surface area contributed by atoms with E-state index in [2.05, 4.69) is 51.8 Å². The van der Waals surface area contributed by atoms with E-state index >= 15 is 0 Å². The number of carbonyl (C=O) groups is 1. The molecule has 3 aromatic rings. The number of aryl methyl sites for hydroxylation is 2. The van der Waals surface area contributed by atoms with Gasteiger partial charge in [0.15, 0.2) is 0 Å². The highest BCUT2D eigenvalue weighted by Gasteiger charge is 2.13. The summed E-state index contributed by atoms with van der Waals surface area (Å²) in [5.41, 5.74) is 3.51. The van der Waals surface area contributed by atoms with Crippen LogP contribution in [0.4, 0.5) is 17.3 Å². The first kappa shape index (κ1) is 19.4. The van der Waals surface area contributed by atoms with Crippen LogP contribution in [-0.2, 0) is 11.3 Å². The van der Waals surface area contributed by atoms with Crippen molar-refractivity contribution in [1.82, 2.24) is 9.97 Å². The summed E-state index contributed by atoms with van der Waals surface area (Å²) in [5, 5.41) is 6.53. The third-order valence-electron chi connectivity index (χ3n) is 4.12. The van der Waals surface area contributed by atoms with E-state index in [0.29, 0.717) is 41.9 Å². The first-order valence-electron chi connectivity index (χ1n) is 9.23. The highest BCUT2D eigenvalue weighted by atomic mass is 16.5. The molecule has 0 aliphatic carbocycles. The number of hydrogen-bond donors (Lipinski definition) is 2. The largest absolute Gasteiger partial charge is 0.462 e. The fourth-order valence-corrected chi connectivity index (χ4v) is 2.74. The second kappa shape index (κ2) is 8.99. The lowest BCUT2D eigenvalue weighted by molar-refractivity contribution is 0.0527. The van der Waals surface area contributed by atoms with Crippen molar-refractivity contribution in [3.63, 3.8) is 0 Å². The normalized spacial score (nSPS) is 10.4. The molecular weight excluding hydrogens is 352 g/mol. The summed E-state index contributed by atoms with van der Waals surface area (Å²) in [6.07, 6.45) is 0. The first-order chi connectivity index (χ1) is 13.5. The van der Waals surface area contributed by atoms with Crippen molar-refractivity contribution in [1.29, 1.82) is 0 Å². The highest BCUT2D eigenvalue weighted by molar-refractivity contribution is 5.96. The molecule has 0 saturated heterocycles. The van der Waals surface area contributed by atoms with Crippen molar-refractivity contribution >= 4 is 23.3 Å². The number of nitrogens with zero attached hydrogens (tertiary/aromatic N) is 2. The number of benzene rings is 2. The second-order valence-electron chi connectivity index (χ2n) is 6.42. The number of anilines is 3. The third kappa shape index (κ3) is 5.07. The van der Waals surface area contributed by atoms with Gasteiger partial charge in [-0.05, 0) is 38.5 Å². The molecule has 0 radical (unpaired) electrons. The van der Waals surface area contributed by atoms with Crippen molar-refractivity contribution in [3.05, 3.63) is 77.1 Å². The smallest absolute Gasteiger partial charge is 0.340 e. The number of aromatic nitrogens is 2. The van der Waals surface area contributed by atoms with Crippen LogP contribution in [0.5, 0.6) is 0 Å². The van der Waals surface area contributed by atoms with Gasteiger partial charge in [-0.25, -0.2) is 14.8 Å². The lowest BCUT2D eigenvalue weighted by atomic mass is 10.1. The van der Waals surface area contributed by atoms with Gasteiger partial charge in [-0.3, -0.25) is 0 Å². The summed E-state index contributed by atoms with van der Waals surface area (Å²) in [6.45, 7) is 6.67. The fourth-order valence-electron chi connectivity index (χ4n) is 2.74. The minimum Gasteiger partial charge on any atom is -0.462 e. The summed E-state index contributed by atoms with van der Waals surface area (Å²) in [6, 6.07) is 17.4. The molecule has 0 atom stereocenters. The molecule has 0 amide bonds. The standard InChI is InChI=1S/C22H24N4O2/c1-4-28-22(27)18-7-5-6-8-19(18)26-21-13-20(24-16(3)25-21)23-14-17-11-9-15(2)10-12-17/h5-13H,4,14H2,1-3H3,(H2,23,24,25,26). The lowest BCUT2D eigenvalue weighted by Gasteiger charge is -2.13. The molecule has 6 nitrogen and oxygen atoms in total. The quantitative estimate of drug-likeness (QED) is 0.586. The van der Waals surface area contributed by atoms with E-state index in [9.17, 15) is 4.79 Å². The van der Waals surface area contributed by atoms with Crippen molar-refractivity contribution in [2.45, 2.75) is 27.3 Å². The molecule has 0 aliphatic heterocycles. The molecule has 0 saturated carbocycles. The lowest BCUT2D eigenvalue weighted by Crippen LogP contribution is -2.09. The van der Waals surface area contributed by atoms with Crippen LogP contribution in [0.2, 0.25) is 0 Å². The van der Waals surface area contributed by atoms with Crippen LogP contribution in [0, 0.1) is 13.8 Å². The van der Waals surface area contributed by atoms with Gasteiger partial charge < -0.3 is 15.4 Å². The Labute approximate surface area is 165 Å². The van der Waals surface area contributed by atoms with Gasteiger partial charge >= 0.3 is 5.97 Å². The van der Waals surface area contributed by atoms with Crippen molar-refractivity contribution in [2.75, 3.05) is 17.2 Å². The Bertz CT molecular complexity index is 955. The Morgan fingerprint density at radius 2 is 1.71 bits per heavy atom. The van der Waals surface area contributed by atoms with Gasteiger partial charge in [-0.15, -0.1) is 0 Å². The average Bonchev–Trinajstić information content (AvgIpc) is 2.68. The van der Waals surface area contributed by atoms with Gasteiger partial charge in [0.2, 0.25) is 0 Å². The van der Waals surface area contributed by atoms with E-state index in [1.807, 2.05) is 25.1 Å². The van der Waals surface area contributed by atoms with Crippen molar-refractivity contribution in [2.24, 2.45) is 0 Å². The van der Waals surface area contributed by atoms with E-state index in [4.69, 9.17) is 4.74 Å². The summed E-state index contributed by atoms with van der Waals surface area (Å²) in [4.78, 5) is 21.0. The fraction of sp³-hybridized carbons (Fsp3) is 0.227. The van der Waals surface area contributed by atoms with Gasteiger partial charge in [-0.1, -0.05) is 42.0 Å². The molecule has 0 spiro atoms. The van der Waals surface area contributed by atoms with E-state index in [1.165, 1.54) is 11.1 Å². The zero-order valence-corrected chi connectivity index (χ0v) is 16.3. The van der Waals surface area contributed by atoms with Crippen molar-refractivity contribution in [3.8, 4) is 0 Å². The molecule has 0 aliphatic rings. The minimum atomic E-state index is -0.367. The topological polar surface area (TPSA) is 76.1 Å². The summed E-state index contributed by atoms with van der Waals surface area (Å²) in [5.74, 6) is 1.58. The van der Waals surface area contributed by atoms with E-state index in [1.54, 1.807) is 19.1 Å². The highest BCUT2D eigenvalue weighted by Crippen LogP contribution is 2.22. The zero-order chi connectivity index (χ0) is 19.9. The summed E-state index contributed by atoms with van der Waals surface area (Å²) in [7, 11) is 0. The van der Waals surface area contributed by atoms with Gasteiger partial charge in [0.1, 0.15) is 17.5 Å². The Kier molecular flexibility index (Phi) is 6.22. The molecule has 1 heterocycles. The first-order valence-corrected chi connectivity index (χ1v) is 9.23. The maximum Gasteiger partial charge on any atom is 0.340 e. The number of ether oxygens (including phenoxy) is 1. The molecule has 0 bridgehead atoms. The molecule has 2 N–H and O–H groups in total. The third-order valence-corrected chi connectivity index (χ3v) is 4.12. The van der Waals surface area contributed by atoms with Crippen LogP contribution in [0.15, 0.2) is 54.6 Å². The number of nitrogens with one attached hydrogen (secondary N) is 2. The molecule has 0 fully saturated rings. The molecular formula is C22H24N4O2. The monoisotopic (exact) mass is 376 g/mol. The molecule has 3 rings (SSSR count). The maximum absolute atomic E-state index is 12.2. The predicted molar refractivity (Wildman–Crippen MR) is 111 cm³/mol. The van der Waals surface area contributed by atoms with E-state index in [0.717, 1.165) is 0 Å². The molecule has 2 aromatic carbocycles. The van der Waals surface area contributed by atoms with Crippen LogP contribution in [-0.4, -0.2) is 22.5 Å². The number of rotatable bonds is 7. The summed E-state index contributed by atoms with van der Waals surface area (Å²) >= 11 is 0. The van der Waals surface area contributed by atoms with Crippen molar-refractivity contribution < 1.29 is 9.53 Å². The van der Waals surface area contributed by atoms with Gasteiger partial charge in [0, 0.05) is 12.6 Å². The van der Waals surface area contributed by atoms with Crippen LogP contribution in [0.25, 0.3) is 0 Å². The second-order valence-corrected chi connectivity index (χ2v) is 6.42. The predicted octanol–water partition coefficient (Wildman–Crippen LogP) is 4.63. The Hall–Kier alpha value is -3.41. The SMILES string of the molecule is CCOC(=O)c1ccccc1Nc1cc(NCc2ccc(C)cc2)nc(C)n1. The number of carbonyl (C=O) groups excluding carboxylic acids is 1. The van der Waals surface area contributed by atoms with Crippen LogP contribution in [0.3, 0.4) is 0 Å². The van der Waals surface area contributed by atoms with Gasteiger partial charge in [0.25, 0.3) is 0 Å². The zero-order valence-electron chi connectivity index (χ0n) is 16.3.